The first kappa shape index (κ1) is 24.8. The highest BCUT2D eigenvalue weighted by Crippen LogP contribution is 2.34. The molecule has 1 amide bonds. The lowest BCUT2D eigenvalue weighted by Crippen LogP contribution is -2.27. The van der Waals surface area contributed by atoms with Crippen LogP contribution in [0.4, 0.5) is 14.5 Å². The summed E-state index contributed by atoms with van der Waals surface area (Å²) in [4.78, 5) is 35.0. The molecular weight excluding hydrogens is 502 g/mol. The predicted molar refractivity (Wildman–Crippen MR) is 135 cm³/mol. The fraction of sp³-hybridized carbons (Fsp3) is 0.269. The minimum atomic E-state index is -2.91. The lowest BCUT2D eigenvalue weighted by Gasteiger charge is -2.22. The summed E-state index contributed by atoms with van der Waals surface area (Å²) >= 11 is 5.97. The Morgan fingerprint density at radius 1 is 1.05 bits per heavy atom. The molecule has 2 bridgehead atoms. The molecule has 2 atom stereocenters. The van der Waals surface area contributed by atoms with Crippen molar-refractivity contribution in [2.75, 3.05) is 5.32 Å². The van der Waals surface area contributed by atoms with Crippen LogP contribution in [0.5, 0.6) is 0 Å². The number of fused-ring (bicyclic) bond motifs is 4. The molecule has 1 aliphatic rings. The Morgan fingerprint density at radius 3 is 2.57 bits per heavy atom. The van der Waals surface area contributed by atoms with Gasteiger partial charge >= 0.3 is 6.55 Å². The van der Waals surface area contributed by atoms with Crippen LogP contribution in [0.2, 0.25) is 5.02 Å². The van der Waals surface area contributed by atoms with Gasteiger partial charge in [0, 0.05) is 34.3 Å². The smallest absolute Gasteiger partial charge is 0.323 e. The third kappa shape index (κ3) is 5.01. The third-order valence-electron chi connectivity index (χ3n) is 6.51. The predicted octanol–water partition coefficient (Wildman–Crippen LogP) is 5.57. The molecule has 0 saturated carbocycles. The molecule has 0 saturated heterocycles. The van der Waals surface area contributed by atoms with Crippen LogP contribution in [0.1, 0.15) is 44.5 Å². The number of hydrogen-bond acceptors (Lipinski definition) is 5. The van der Waals surface area contributed by atoms with Crippen molar-refractivity contribution in [3.8, 4) is 22.5 Å². The molecule has 4 heterocycles. The number of nitrogens with one attached hydrogen (secondary N) is 1. The molecule has 1 aromatic carbocycles. The van der Waals surface area contributed by atoms with Gasteiger partial charge in [-0.25, -0.2) is 9.67 Å². The van der Waals surface area contributed by atoms with Gasteiger partial charge < -0.3 is 5.32 Å². The van der Waals surface area contributed by atoms with Gasteiger partial charge in [-0.1, -0.05) is 37.1 Å². The van der Waals surface area contributed by atoms with Crippen LogP contribution in [0, 0.1) is 5.92 Å². The highest BCUT2D eigenvalue weighted by Gasteiger charge is 2.26. The zero-order chi connectivity index (χ0) is 26.1. The number of carbonyl (C=O) groups excluding carboxylic acids is 1. The Kier molecular flexibility index (Phi) is 6.84. The van der Waals surface area contributed by atoms with Gasteiger partial charge in [-0.05, 0) is 37.1 Å². The fourth-order valence-electron chi connectivity index (χ4n) is 4.52. The minimum absolute atomic E-state index is 0.0714. The first-order valence-electron chi connectivity index (χ1n) is 11.8. The van der Waals surface area contributed by atoms with Gasteiger partial charge in [-0.15, -0.1) is 0 Å². The van der Waals surface area contributed by atoms with Crippen molar-refractivity contribution < 1.29 is 13.6 Å². The van der Waals surface area contributed by atoms with Gasteiger partial charge in [0.05, 0.1) is 41.3 Å². The molecule has 0 aliphatic carbocycles. The lowest BCUT2D eigenvalue weighted by atomic mass is 9.97. The van der Waals surface area contributed by atoms with Gasteiger partial charge in [-0.3, -0.25) is 19.1 Å². The van der Waals surface area contributed by atoms with Gasteiger partial charge in [0.1, 0.15) is 0 Å². The second-order valence-corrected chi connectivity index (χ2v) is 9.40. The second kappa shape index (κ2) is 10.2. The second-order valence-electron chi connectivity index (χ2n) is 8.96. The SMILES string of the molecule is CC1CCCC(n2cnc(-c3ccc(Cl)cc3)cc2=O)c2cc(ccn2)-c2c(cnn2C(F)F)NC1=O. The van der Waals surface area contributed by atoms with Gasteiger partial charge in [0.15, 0.2) is 0 Å². The van der Waals surface area contributed by atoms with E-state index in [4.69, 9.17) is 11.6 Å². The first-order chi connectivity index (χ1) is 17.8. The summed E-state index contributed by atoms with van der Waals surface area (Å²) in [7, 11) is 0. The van der Waals surface area contributed by atoms with Crippen molar-refractivity contribution in [1.29, 1.82) is 0 Å². The molecule has 0 fully saturated rings. The van der Waals surface area contributed by atoms with E-state index in [-0.39, 0.29) is 28.8 Å². The van der Waals surface area contributed by atoms with Crippen LogP contribution < -0.4 is 10.9 Å². The Bertz CT molecular complexity index is 1500. The molecule has 2 unspecified atom stereocenters. The number of pyridine rings is 1. The van der Waals surface area contributed by atoms with Gasteiger partial charge in [-0.2, -0.15) is 13.9 Å². The van der Waals surface area contributed by atoms with E-state index in [1.54, 1.807) is 43.3 Å². The summed E-state index contributed by atoms with van der Waals surface area (Å²) in [5.41, 5.74) is 2.15. The van der Waals surface area contributed by atoms with Crippen LogP contribution >= 0.6 is 11.6 Å². The largest absolute Gasteiger partial charge is 0.333 e. The highest BCUT2D eigenvalue weighted by molar-refractivity contribution is 6.30. The number of amides is 1. The number of rotatable bonds is 3. The fourth-order valence-corrected chi connectivity index (χ4v) is 4.65. The molecule has 1 N–H and O–H groups in total. The zero-order valence-electron chi connectivity index (χ0n) is 19.8. The molecule has 1 aliphatic heterocycles. The van der Waals surface area contributed by atoms with E-state index in [2.05, 4.69) is 20.4 Å². The quantitative estimate of drug-likeness (QED) is 0.378. The van der Waals surface area contributed by atoms with Crippen molar-refractivity contribution in [3.63, 3.8) is 0 Å². The van der Waals surface area contributed by atoms with E-state index in [0.717, 1.165) is 5.56 Å². The van der Waals surface area contributed by atoms with Crippen molar-refractivity contribution in [2.24, 2.45) is 5.92 Å². The molecular formula is C26H23ClF2N6O2. The topological polar surface area (TPSA) is 94.7 Å². The Balaban J connectivity index is 1.61. The number of nitrogens with zero attached hydrogens (tertiary/aromatic N) is 5. The summed E-state index contributed by atoms with van der Waals surface area (Å²) < 4.78 is 29.6. The van der Waals surface area contributed by atoms with Crippen LogP contribution in [0.3, 0.4) is 0 Å². The number of halogens is 3. The Hall–Kier alpha value is -3.92. The van der Waals surface area contributed by atoms with Gasteiger partial charge in [0.25, 0.3) is 5.56 Å². The van der Waals surface area contributed by atoms with Crippen LogP contribution in [0.25, 0.3) is 22.5 Å². The van der Waals surface area contributed by atoms with Crippen LogP contribution in [-0.2, 0) is 4.79 Å². The van der Waals surface area contributed by atoms with Crippen molar-refractivity contribution in [3.05, 3.63) is 82.3 Å². The average Bonchev–Trinajstić information content (AvgIpc) is 3.30. The summed E-state index contributed by atoms with van der Waals surface area (Å²) in [5, 5.41) is 7.11. The normalized spacial score (nSPS) is 18.0. The van der Waals surface area contributed by atoms with E-state index in [9.17, 15) is 18.4 Å². The molecule has 11 heteroatoms. The van der Waals surface area contributed by atoms with E-state index in [1.807, 2.05) is 0 Å². The van der Waals surface area contributed by atoms with E-state index in [1.165, 1.54) is 29.4 Å². The molecule has 3 aromatic heterocycles. The maximum atomic E-state index is 13.8. The summed E-state index contributed by atoms with van der Waals surface area (Å²) in [6.45, 7) is -1.13. The summed E-state index contributed by atoms with van der Waals surface area (Å²) in [6.07, 6.45) is 5.85. The molecule has 0 spiro atoms. The van der Waals surface area contributed by atoms with Gasteiger partial charge in [0.2, 0.25) is 5.91 Å². The van der Waals surface area contributed by atoms with Crippen LogP contribution in [-0.4, -0.2) is 30.2 Å². The average molecular weight is 525 g/mol. The lowest BCUT2D eigenvalue weighted by molar-refractivity contribution is -0.119. The number of aromatic nitrogens is 5. The number of benzene rings is 1. The van der Waals surface area contributed by atoms with Crippen molar-refractivity contribution in [2.45, 2.75) is 38.8 Å². The summed E-state index contributed by atoms with van der Waals surface area (Å²) in [6, 6.07) is 11.2. The molecule has 8 nitrogen and oxygen atoms in total. The standard InChI is InChI=1S/C26H23ClF2N6O2/c1-15-3-2-4-22(34-14-31-19(12-23(34)36)16-5-7-18(27)8-6-16)20-11-17(9-10-30-20)24-21(33-25(15)37)13-32-35(24)26(28)29/h5-15,22,26H,2-4H2,1H3,(H,33,37). The number of alkyl halides is 2. The molecule has 5 rings (SSSR count). The third-order valence-corrected chi connectivity index (χ3v) is 6.76. The summed E-state index contributed by atoms with van der Waals surface area (Å²) in [5.74, 6) is -0.663. The number of anilines is 1. The highest BCUT2D eigenvalue weighted by atomic mass is 35.5. The molecule has 37 heavy (non-hydrogen) atoms. The minimum Gasteiger partial charge on any atom is -0.323 e. The van der Waals surface area contributed by atoms with E-state index < -0.39 is 12.6 Å². The zero-order valence-corrected chi connectivity index (χ0v) is 20.6. The van der Waals surface area contributed by atoms with Crippen molar-refractivity contribution >= 4 is 23.2 Å². The number of hydrogen-bond donors (Lipinski definition) is 1. The maximum absolute atomic E-state index is 13.8. The molecule has 4 aromatic rings. The first-order valence-corrected chi connectivity index (χ1v) is 12.2. The van der Waals surface area contributed by atoms with Crippen molar-refractivity contribution in [1.82, 2.24) is 24.3 Å². The molecule has 0 radical (unpaired) electrons. The van der Waals surface area contributed by atoms with E-state index in [0.29, 0.717) is 45.9 Å². The molecule has 190 valence electrons. The Morgan fingerprint density at radius 2 is 1.84 bits per heavy atom. The number of carbonyl (C=O) groups is 1. The monoisotopic (exact) mass is 524 g/mol. The Labute approximate surface area is 215 Å². The van der Waals surface area contributed by atoms with E-state index >= 15 is 0 Å². The maximum Gasteiger partial charge on any atom is 0.333 e. The van der Waals surface area contributed by atoms with Crippen LogP contribution in [0.15, 0.2) is 66.0 Å².